The van der Waals surface area contributed by atoms with E-state index in [4.69, 9.17) is 20.6 Å². The van der Waals surface area contributed by atoms with Crippen molar-refractivity contribution >= 4 is 34.9 Å². The van der Waals surface area contributed by atoms with Crippen molar-refractivity contribution in [1.82, 2.24) is 15.5 Å². The Morgan fingerprint density at radius 1 is 1.10 bits per heavy atom. The minimum atomic E-state index is -0.762. The molecule has 0 unspecified atom stereocenters. The van der Waals surface area contributed by atoms with Gasteiger partial charge in [-0.15, -0.1) is 11.3 Å². The molecule has 0 aliphatic carbocycles. The van der Waals surface area contributed by atoms with Crippen molar-refractivity contribution < 1.29 is 23.9 Å². The van der Waals surface area contributed by atoms with Crippen LogP contribution in [0.5, 0.6) is 11.5 Å². The molecule has 0 bridgehead atoms. The summed E-state index contributed by atoms with van der Waals surface area (Å²) in [5, 5.41) is 15.0. The van der Waals surface area contributed by atoms with E-state index >= 15 is 0 Å². The predicted molar refractivity (Wildman–Crippen MR) is 157 cm³/mol. The first-order valence-electron chi connectivity index (χ1n) is 13.5. The number of nitrogens with zero attached hydrogens (tertiary/aromatic N) is 1. The molecule has 1 aliphatic heterocycles. The predicted octanol–water partition coefficient (Wildman–Crippen LogP) is 3.23. The van der Waals surface area contributed by atoms with E-state index in [2.05, 4.69) is 10.6 Å². The molecule has 1 saturated heterocycles. The normalized spacial score (nSPS) is 17.0. The summed E-state index contributed by atoms with van der Waals surface area (Å²) in [5.74, 6) is 0.417. The maximum atomic E-state index is 13.4. The molecule has 0 saturated carbocycles. The van der Waals surface area contributed by atoms with Gasteiger partial charge in [-0.05, 0) is 43.7 Å². The van der Waals surface area contributed by atoms with E-state index in [1.807, 2.05) is 67.6 Å². The average Bonchev–Trinajstić information content (AvgIpc) is 3.64. The summed E-state index contributed by atoms with van der Waals surface area (Å²) in [4.78, 5) is 41.3. The molecule has 3 amide bonds. The van der Waals surface area contributed by atoms with Crippen LogP contribution in [0, 0.1) is 5.41 Å². The fourth-order valence-electron chi connectivity index (χ4n) is 4.50. The Balaban J connectivity index is 1.33. The number of amidine groups is 1. The number of likely N-dealkylation sites (tertiary alicyclic amines) is 1. The Morgan fingerprint density at radius 3 is 2.44 bits per heavy atom. The lowest BCUT2D eigenvalue weighted by molar-refractivity contribution is -0.139. The quantitative estimate of drug-likeness (QED) is 0.139. The van der Waals surface area contributed by atoms with Gasteiger partial charge < -0.3 is 30.7 Å². The van der Waals surface area contributed by atoms with E-state index in [0.717, 1.165) is 10.6 Å². The van der Waals surface area contributed by atoms with Crippen molar-refractivity contribution in [2.75, 3.05) is 19.7 Å². The van der Waals surface area contributed by atoms with Crippen LogP contribution in [0.15, 0.2) is 72.1 Å². The average molecular weight is 578 g/mol. The van der Waals surface area contributed by atoms with Crippen LogP contribution in [0.3, 0.4) is 0 Å². The molecule has 1 aliphatic rings. The standard InChI is InChI=1S/C30H35N5O5S/c1-20(26-15-21(19-41-26)29(31)32)34-30(38)25-16-24(40-23-11-6-3-7-12-23)18-35(25)28(37)17-33-27(36)13-8-14-39-22-9-4-2-5-10-22/h2-7,9-12,15,19-20,24-25H,8,13-14,16-18H2,1H3,(H3,31,32)(H,33,36)(H,34,38)/t20-,24-,25+/m1/s1. The van der Waals surface area contributed by atoms with E-state index in [9.17, 15) is 14.4 Å². The minimum absolute atomic E-state index is 0.0368. The topological polar surface area (TPSA) is 147 Å². The van der Waals surface area contributed by atoms with Crippen LogP contribution < -0.4 is 25.8 Å². The SMILES string of the molecule is C[C@@H](NC(=O)[C@@H]1C[C@@H](Oc2ccccc2)CN1C(=O)CNC(=O)CCCOc1ccccc1)c1cc(C(=N)N)cs1. The molecule has 41 heavy (non-hydrogen) atoms. The molecule has 2 aromatic carbocycles. The molecule has 2 heterocycles. The summed E-state index contributed by atoms with van der Waals surface area (Å²) in [6, 6.07) is 19.3. The number of ether oxygens (including phenoxy) is 2. The third kappa shape index (κ3) is 8.55. The van der Waals surface area contributed by atoms with Gasteiger partial charge in [0, 0.05) is 28.7 Å². The van der Waals surface area contributed by atoms with Gasteiger partial charge in [0.25, 0.3) is 0 Å². The molecule has 1 fully saturated rings. The molecule has 5 N–H and O–H groups in total. The second-order valence-electron chi connectivity index (χ2n) is 9.77. The molecule has 0 radical (unpaired) electrons. The Labute approximate surface area is 243 Å². The molecule has 3 aromatic rings. The second-order valence-corrected chi connectivity index (χ2v) is 10.7. The van der Waals surface area contributed by atoms with E-state index in [-0.39, 0.29) is 55.2 Å². The van der Waals surface area contributed by atoms with Gasteiger partial charge in [-0.3, -0.25) is 19.8 Å². The number of benzene rings is 2. The number of hydrogen-bond acceptors (Lipinski definition) is 7. The van der Waals surface area contributed by atoms with Crippen LogP contribution in [0.4, 0.5) is 0 Å². The van der Waals surface area contributed by atoms with Crippen LogP contribution in [0.25, 0.3) is 0 Å². The molecule has 3 atom stereocenters. The fraction of sp³-hybridized carbons (Fsp3) is 0.333. The molecule has 11 heteroatoms. The van der Waals surface area contributed by atoms with E-state index < -0.39 is 6.04 Å². The van der Waals surface area contributed by atoms with Gasteiger partial charge >= 0.3 is 0 Å². The highest BCUT2D eigenvalue weighted by molar-refractivity contribution is 7.10. The molecular weight excluding hydrogens is 542 g/mol. The third-order valence-electron chi connectivity index (χ3n) is 6.64. The Bertz CT molecular complexity index is 1330. The van der Waals surface area contributed by atoms with E-state index in [1.165, 1.54) is 16.2 Å². The highest BCUT2D eigenvalue weighted by Gasteiger charge is 2.41. The molecule has 10 nitrogen and oxygen atoms in total. The van der Waals surface area contributed by atoms with Crippen molar-refractivity contribution in [1.29, 1.82) is 5.41 Å². The van der Waals surface area contributed by atoms with Gasteiger partial charge in [-0.1, -0.05) is 36.4 Å². The maximum Gasteiger partial charge on any atom is 0.243 e. The first-order valence-corrected chi connectivity index (χ1v) is 14.4. The summed E-state index contributed by atoms with van der Waals surface area (Å²) in [6.07, 6.45) is 0.643. The number of carbonyl (C=O) groups excluding carboxylic acids is 3. The molecule has 216 valence electrons. The minimum Gasteiger partial charge on any atom is -0.494 e. The van der Waals surface area contributed by atoms with Crippen molar-refractivity contribution in [3.05, 3.63) is 82.6 Å². The maximum absolute atomic E-state index is 13.4. The Kier molecular flexibility index (Phi) is 10.3. The Hall–Kier alpha value is -4.38. The molecule has 0 spiro atoms. The number of thiophene rings is 1. The van der Waals surface area contributed by atoms with Crippen LogP contribution in [-0.2, 0) is 14.4 Å². The van der Waals surface area contributed by atoms with E-state index in [1.54, 1.807) is 11.4 Å². The number of rotatable bonds is 13. The van der Waals surface area contributed by atoms with Crippen molar-refractivity contribution in [3.63, 3.8) is 0 Å². The second kappa shape index (κ2) is 14.3. The summed E-state index contributed by atoms with van der Waals surface area (Å²) < 4.78 is 11.7. The van der Waals surface area contributed by atoms with Gasteiger partial charge in [0.1, 0.15) is 29.5 Å². The summed E-state index contributed by atoms with van der Waals surface area (Å²) >= 11 is 1.40. The number of amides is 3. The van der Waals surface area contributed by atoms with Gasteiger partial charge in [-0.25, -0.2) is 0 Å². The monoisotopic (exact) mass is 577 g/mol. The highest BCUT2D eigenvalue weighted by atomic mass is 32.1. The molecule has 1 aromatic heterocycles. The van der Waals surface area contributed by atoms with E-state index in [0.29, 0.717) is 30.8 Å². The van der Waals surface area contributed by atoms with Gasteiger partial charge in [0.05, 0.1) is 25.7 Å². The van der Waals surface area contributed by atoms with Crippen LogP contribution >= 0.6 is 11.3 Å². The van der Waals surface area contributed by atoms with Gasteiger partial charge in [-0.2, -0.15) is 0 Å². The largest absolute Gasteiger partial charge is 0.494 e. The van der Waals surface area contributed by atoms with Crippen LogP contribution in [0.1, 0.15) is 42.7 Å². The summed E-state index contributed by atoms with van der Waals surface area (Å²) in [6.45, 7) is 2.22. The third-order valence-corrected chi connectivity index (χ3v) is 7.76. The first kappa shape index (κ1) is 29.6. The van der Waals surface area contributed by atoms with Crippen LogP contribution in [-0.4, -0.2) is 60.3 Å². The molecular formula is C30H35N5O5S. The molecule has 4 rings (SSSR count). The lowest BCUT2D eigenvalue weighted by atomic mass is 10.1. The summed E-state index contributed by atoms with van der Waals surface area (Å²) in [7, 11) is 0. The zero-order chi connectivity index (χ0) is 29.2. The summed E-state index contributed by atoms with van der Waals surface area (Å²) in [5.41, 5.74) is 6.17. The smallest absolute Gasteiger partial charge is 0.243 e. The number of para-hydroxylation sites is 2. The van der Waals surface area contributed by atoms with Gasteiger partial charge in [0.2, 0.25) is 17.7 Å². The lowest BCUT2D eigenvalue weighted by Gasteiger charge is -2.25. The van der Waals surface area contributed by atoms with Gasteiger partial charge in [0.15, 0.2) is 0 Å². The number of nitrogens with one attached hydrogen (secondary N) is 3. The zero-order valence-electron chi connectivity index (χ0n) is 22.9. The van der Waals surface area contributed by atoms with Crippen molar-refractivity contribution in [3.8, 4) is 11.5 Å². The number of nitrogens with two attached hydrogens (primary N) is 1. The highest BCUT2D eigenvalue weighted by Crippen LogP contribution is 2.26. The van der Waals surface area contributed by atoms with Crippen molar-refractivity contribution in [2.24, 2.45) is 5.73 Å². The fourth-order valence-corrected chi connectivity index (χ4v) is 5.42. The van der Waals surface area contributed by atoms with Crippen LogP contribution in [0.2, 0.25) is 0 Å². The first-order chi connectivity index (χ1) is 19.8. The lowest BCUT2D eigenvalue weighted by Crippen LogP contribution is -2.49. The van der Waals surface area contributed by atoms with Crippen molar-refractivity contribution in [2.45, 2.75) is 44.4 Å². The number of carbonyl (C=O) groups is 3. The number of hydrogen-bond donors (Lipinski definition) is 4. The number of nitrogen functional groups attached to an aromatic ring is 1. The Morgan fingerprint density at radius 2 is 1.78 bits per heavy atom. The zero-order valence-corrected chi connectivity index (χ0v) is 23.7.